The Labute approximate surface area is 155 Å². The van der Waals surface area contributed by atoms with Crippen LogP contribution in [0.2, 0.25) is 0 Å². The molecule has 0 radical (unpaired) electrons. The zero-order valence-corrected chi connectivity index (χ0v) is 15.8. The number of amides is 1. The first kappa shape index (κ1) is 17.4. The SMILES string of the molecule is Cc1ccc(-c2cnc(CCC(=O)Nc3ccc(Br)c(C)c3)o2)cc1. The normalized spacial score (nSPS) is 10.7. The van der Waals surface area contributed by atoms with Crippen LogP contribution in [0, 0.1) is 13.8 Å². The number of aryl methyl sites for hydroxylation is 3. The number of nitrogens with zero attached hydrogens (tertiary/aromatic N) is 1. The lowest BCUT2D eigenvalue weighted by atomic mass is 10.1. The van der Waals surface area contributed by atoms with Crippen molar-refractivity contribution < 1.29 is 9.21 Å². The minimum Gasteiger partial charge on any atom is -0.441 e. The van der Waals surface area contributed by atoms with Crippen LogP contribution in [0.4, 0.5) is 5.69 Å². The van der Waals surface area contributed by atoms with Gasteiger partial charge in [-0.25, -0.2) is 4.98 Å². The van der Waals surface area contributed by atoms with E-state index in [1.807, 2.05) is 56.3 Å². The highest BCUT2D eigenvalue weighted by Gasteiger charge is 2.09. The maximum atomic E-state index is 12.1. The van der Waals surface area contributed by atoms with E-state index in [-0.39, 0.29) is 5.91 Å². The molecule has 4 nitrogen and oxygen atoms in total. The smallest absolute Gasteiger partial charge is 0.224 e. The maximum absolute atomic E-state index is 12.1. The lowest BCUT2D eigenvalue weighted by Gasteiger charge is -2.06. The van der Waals surface area contributed by atoms with E-state index >= 15 is 0 Å². The highest BCUT2D eigenvalue weighted by Crippen LogP contribution is 2.22. The number of aromatic nitrogens is 1. The molecule has 0 unspecified atom stereocenters. The monoisotopic (exact) mass is 398 g/mol. The first-order valence-electron chi connectivity index (χ1n) is 8.09. The van der Waals surface area contributed by atoms with Crippen LogP contribution in [0.25, 0.3) is 11.3 Å². The Morgan fingerprint density at radius 3 is 2.64 bits per heavy atom. The average molecular weight is 399 g/mol. The molecule has 0 saturated heterocycles. The Bertz CT molecular complexity index is 885. The molecule has 2 aromatic carbocycles. The van der Waals surface area contributed by atoms with Gasteiger partial charge >= 0.3 is 0 Å². The summed E-state index contributed by atoms with van der Waals surface area (Å²) < 4.78 is 6.77. The van der Waals surface area contributed by atoms with E-state index in [2.05, 4.69) is 26.2 Å². The number of benzene rings is 2. The number of oxazole rings is 1. The molecule has 1 aromatic heterocycles. The Balaban J connectivity index is 1.57. The van der Waals surface area contributed by atoms with E-state index in [0.717, 1.165) is 27.0 Å². The van der Waals surface area contributed by atoms with Crippen molar-refractivity contribution in [3.8, 4) is 11.3 Å². The second kappa shape index (κ2) is 7.66. The lowest BCUT2D eigenvalue weighted by Crippen LogP contribution is -2.12. The Morgan fingerprint density at radius 1 is 1.16 bits per heavy atom. The fraction of sp³-hybridized carbons (Fsp3) is 0.200. The zero-order valence-electron chi connectivity index (χ0n) is 14.2. The minimum atomic E-state index is -0.0585. The van der Waals surface area contributed by atoms with Crippen LogP contribution in [0.5, 0.6) is 0 Å². The predicted molar refractivity (Wildman–Crippen MR) is 103 cm³/mol. The third-order valence-electron chi connectivity index (χ3n) is 3.90. The van der Waals surface area contributed by atoms with Crippen molar-refractivity contribution >= 4 is 27.5 Å². The molecule has 0 aliphatic rings. The standard InChI is InChI=1S/C20H19BrN2O2/c1-13-3-5-15(6-4-13)18-12-22-20(25-18)10-9-19(24)23-16-7-8-17(21)14(2)11-16/h3-8,11-12H,9-10H2,1-2H3,(H,23,24). The molecule has 128 valence electrons. The zero-order chi connectivity index (χ0) is 17.8. The van der Waals surface area contributed by atoms with E-state index in [4.69, 9.17) is 4.42 Å². The van der Waals surface area contributed by atoms with Crippen molar-refractivity contribution in [1.82, 2.24) is 4.98 Å². The largest absolute Gasteiger partial charge is 0.441 e. The molecular weight excluding hydrogens is 380 g/mol. The molecule has 0 bridgehead atoms. The highest BCUT2D eigenvalue weighted by molar-refractivity contribution is 9.10. The predicted octanol–water partition coefficient (Wildman–Crippen LogP) is 5.29. The number of carbonyl (C=O) groups is 1. The Kier molecular flexibility index (Phi) is 5.34. The number of nitrogens with one attached hydrogen (secondary N) is 1. The van der Waals surface area contributed by atoms with E-state index in [1.54, 1.807) is 6.20 Å². The van der Waals surface area contributed by atoms with Crippen molar-refractivity contribution in [3.05, 3.63) is 70.2 Å². The van der Waals surface area contributed by atoms with Gasteiger partial charge in [0.2, 0.25) is 5.91 Å². The Hall–Kier alpha value is -2.40. The molecule has 3 aromatic rings. The summed E-state index contributed by atoms with van der Waals surface area (Å²) in [5.74, 6) is 1.23. The van der Waals surface area contributed by atoms with Gasteiger partial charge in [-0.1, -0.05) is 45.8 Å². The van der Waals surface area contributed by atoms with Crippen LogP contribution in [0.1, 0.15) is 23.4 Å². The molecule has 1 amide bonds. The summed E-state index contributed by atoms with van der Waals surface area (Å²) in [7, 11) is 0. The fourth-order valence-corrected chi connectivity index (χ4v) is 2.69. The number of hydrogen-bond acceptors (Lipinski definition) is 3. The van der Waals surface area contributed by atoms with Gasteiger partial charge in [0.05, 0.1) is 6.20 Å². The highest BCUT2D eigenvalue weighted by atomic mass is 79.9. The molecule has 25 heavy (non-hydrogen) atoms. The van der Waals surface area contributed by atoms with Gasteiger partial charge in [0, 0.05) is 28.6 Å². The molecule has 0 spiro atoms. The summed E-state index contributed by atoms with van der Waals surface area (Å²) in [6, 6.07) is 13.8. The molecule has 0 fully saturated rings. The number of anilines is 1. The maximum Gasteiger partial charge on any atom is 0.224 e. The summed E-state index contributed by atoms with van der Waals surface area (Å²) in [6.07, 6.45) is 2.49. The van der Waals surface area contributed by atoms with E-state index in [1.165, 1.54) is 5.56 Å². The molecule has 0 aliphatic heterocycles. The van der Waals surface area contributed by atoms with Gasteiger partial charge < -0.3 is 9.73 Å². The topological polar surface area (TPSA) is 55.1 Å². The molecule has 0 atom stereocenters. The summed E-state index contributed by atoms with van der Waals surface area (Å²) in [4.78, 5) is 16.4. The summed E-state index contributed by atoms with van der Waals surface area (Å²) in [5.41, 5.74) is 4.05. The van der Waals surface area contributed by atoms with Crippen LogP contribution in [-0.4, -0.2) is 10.9 Å². The summed E-state index contributed by atoms with van der Waals surface area (Å²) in [6.45, 7) is 4.03. The molecular formula is C20H19BrN2O2. The summed E-state index contributed by atoms with van der Waals surface area (Å²) in [5, 5.41) is 2.90. The molecule has 1 heterocycles. The van der Waals surface area contributed by atoms with Crippen LogP contribution < -0.4 is 5.32 Å². The third-order valence-corrected chi connectivity index (χ3v) is 4.79. The second-order valence-corrected chi connectivity index (χ2v) is 6.85. The van der Waals surface area contributed by atoms with Gasteiger partial charge in [0.15, 0.2) is 11.7 Å². The van der Waals surface area contributed by atoms with Crippen LogP contribution in [0.3, 0.4) is 0 Å². The van der Waals surface area contributed by atoms with Gasteiger partial charge in [-0.3, -0.25) is 4.79 Å². The molecule has 5 heteroatoms. The third kappa shape index (κ3) is 4.57. The Morgan fingerprint density at radius 2 is 1.92 bits per heavy atom. The van der Waals surface area contributed by atoms with Crippen molar-refractivity contribution in [2.24, 2.45) is 0 Å². The van der Waals surface area contributed by atoms with Crippen molar-refractivity contribution in [2.45, 2.75) is 26.7 Å². The minimum absolute atomic E-state index is 0.0585. The average Bonchev–Trinajstić information content (AvgIpc) is 3.06. The second-order valence-electron chi connectivity index (χ2n) is 6.00. The van der Waals surface area contributed by atoms with Gasteiger partial charge in [-0.15, -0.1) is 0 Å². The van der Waals surface area contributed by atoms with Gasteiger partial charge in [0.1, 0.15) is 0 Å². The van der Waals surface area contributed by atoms with Gasteiger partial charge in [0.25, 0.3) is 0 Å². The first-order valence-corrected chi connectivity index (χ1v) is 8.88. The van der Waals surface area contributed by atoms with Crippen molar-refractivity contribution in [2.75, 3.05) is 5.32 Å². The van der Waals surface area contributed by atoms with Gasteiger partial charge in [-0.05, 0) is 37.6 Å². The van der Waals surface area contributed by atoms with E-state index in [9.17, 15) is 4.79 Å². The fourth-order valence-electron chi connectivity index (χ4n) is 2.44. The van der Waals surface area contributed by atoms with E-state index < -0.39 is 0 Å². The number of rotatable bonds is 5. The molecule has 3 rings (SSSR count). The van der Waals surface area contributed by atoms with Crippen LogP contribution in [0.15, 0.2) is 57.6 Å². The molecule has 0 aliphatic carbocycles. The number of halogens is 1. The number of hydrogen-bond donors (Lipinski definition) is 1. The molecule has 0 saturated carbocycles. The lowest BCUT2D eigenvalue weighted by molar-refractivity contribution is -0.116. The van der Waals surface area contributed by atoms with Crippen molar-refractivity contribution in [1.29, 1.82) is 0 Å². The van der Waals surface area contributed by atoms with Crippen LogP contribution >= 0.6 is 15.9 Å². The van der Waals surface area contributed by atoms with Crippen molar-refractivity contribution in [3.63, 3.8) is 0 Å². The van der Waals surface area contributed by atoms with E-state index in [0.29, 0.717) is 18.7 Å². The number of carbonyl (C=O) groups excluding carboxylic acids is 1. The summed E-state index contributed by atoms with van der Waals surface area (Å²) >= 11 is 3.45. The van der Waals surface area contributed by atoms with Gasteiger partial charge in [-0.2, -0.15) is 0 Å². The molecule has 1 N–H and O–H groups in total. The first-order chi connectivity index (χ1) is 12.0. The van der Waals surface area contributed by atoms with Crippen LogP contribution in [-0.2, 0) is 11.2 Å². The quantitative estimate of drug-likeness (QED) is 0.634.